The molecule has 8 heteroatoms. The van der Waals surface area contributed by atoms with E-state index >= 15 is 0 Å². The van der Waals surface area contributed by atoms with Crippen LogP contribution in [0.1, 0.15) is 52.9 Å². The van der Waals surface area contributed by atoms with E-state index in [1.807, 2.05) is 0 Å². The van der Waals surface area contributed by atoms with Gasteiger partial charge in [-0.05, 0) is 45.2 Å². The molecule has 1 aliphatic rings. The maximum absolute atomic E-state index is 11.8. The Morgan fingerprint density at radius 2 is 1.78 bits per heavy atom. The average molecular weight is 404 g/mol. The summed E-state index contributed by atoms with van der Waals surface area (Å²) >= 11 is 0. The van der Waals surface area contributed by atoms with E-state index in [9.17, 15) is 8.42 Å². The Morgan fingerprint density at radius 1 is 1.15 bits per heavy atom. The fraction of sp³-hybridized carbons (Fsp3) is 0.947. The van der Waals surface area contributed by atoms with Gasteiger partial charge in [0.15, 0.2) is 5.96 Å². The molecule has 0 bridgehead atoms. The zero-order valence-corrected chi connectivity index (χ0v) is 18.8. The first-order valence-electron chi connectivity index (χ1n) is 10.4. The van der Waals surface area contributed by atoms with Crippen LogP contribution in [0.4, 0.5) is 0 Å². The monoisotopic (exact) mass is 403 g/mol. The summed E-state index contributed by atoms with van der Waals surface area (Å²) in [6.07, 6.45) is 6.03. The van der Waals surface area contributed by atoms with Crippen molar-refractivity contribution < 1.29 is 8.42 Å². The molecule has 2 N–H and O–H groups in total. The van der Waals surface area contributed by atoms with Crippen LogP contribution in [-0.4, -0.2) is 82.2 Å². The van der Waals surface area contributed by atoms with Crippen molar-refractivity contribution in [1.82, 2.24) is 19.8 Å². The van der Waals surface area contributed by atoms with E-state index in [0.29, 0.717) is 25.0 Å². The number of guanidine groups is 1. The molecule has 1 aliphatic heterocycles. The number of aliphatic imine (C=N–C) groups is 1. The Kier molecular flexibility index (Phi) is 11.3. The second-order valence-corrected chi connectivity index (χ2v) is 10.1. The summed E-state index contributed by atoms with van der Waals surface area (Å²) in [5.41, 5.74) is 0. The molecule has 0 radical (unpaired) electrons. The molecule has 1 atom stereocenters. The normalized spacial score (nSPS) is 18.6. The molecule has 0 aromatic rings. The van der Waals surface area contributed by atoms with E-state index in [0.717, 1.165) is 18.9 Å². The van der Waals surface area contributed by atoms with E-state index in [2.05, 4.69) is 34.4 Å². The maximum Gasteiger partial charge on any atom is 0.213 e. The molecule has 0 aliphatic carbocycles. The van der Waals surface area contributed by atoms with Crippen molar-refractivity contribution in [3.05, 3.63) is 0 Å². The van der Waals surface area contributed by atoms with Crippen LogP contribution in [0, 0.1) is 5.92 Å². The molecule has 160 valence electrons. The standard InChI is InChI=1S/C19H41N5O2S/c1-6-27(25,26)23(5)13-11-12-21-19(20-4)22-16-18(17(2)3)24-14-9-7-8-10-15-24/h17-18H,6-16H2,1-5H3,(H2,20,21,22). The molecular weight excluding hydrogens is 362 g/mol. The zero-order chi connectivity index (χ0) is 20.3. The topological polar surface area (TPSA) is 77.0 Å². The minimum Gasteiger partial charge on any atom is -0.356 e. The number of rotatable bonds is 10. The van der Waals surface area contributed by atoms with E-state index in [1.165, 1.54) is 43.1 Å². The maximum atomic E-state index is 11.8. The van der Waals surface area contributed by atoms with Gasteiger partial charge in [-0.15, -0.1) is 0 Å². The van der Waals surface area contributed by atoms with Crippen molar-refractivity contribution >= 4 is 16.0 Å². The van der Waals surface area contributed by atoms with Gasteiger partial charge in [0.25, 0.3) is 0 Å². The molecule has 0 saturated carbocycles. The van der Waals surface area contributed by atoms with E-state index in [4.69, 9.17) is 0 Å². The van der Waals surface area contributed by atoms with Gasteiger partial charge in [0.05, 0.1) is 5.75 Å². The van der Waals surface area contributed by atoms with Crippen molar-refractivity contribution in [2.24, 2.45) is 10.9 Å². The highest BCUT2D eigenvalue weighted by Crippen LogP contribution is 2.17. The Balaban J connectivity index is 2.41. The van der Waals surface area contributed by atoms with Crippen LogP contribution >= 0.6 is 0 Å². The minimum absolute atomic E-state index is 0.146. The number of sulfonamides is 1. The Labute approximate surface area is 167 Å². The SMILES string of the molecule is CCS(=O)(=O)N(C)CCCNC(=NC)NCC(C(C)C)N1CCCCCC1. The first-order chi connectivity index (χ1) is 12.8. The van der Waals surface area contributed by atoms with Crippen molar-refractivity contribution in [2.45, 2.75) is 58.9 Å². The summed E-state index contributed by atoms with van der Waals surface area (Å²) in [7, 11) is 0.320. The van der Waals surface area contributed by atoms with Crippen LogP contribution in [0.25, 0.3) is 0 Å². The first-order valence-corrected chi connectivity index (χ1v) is 12.0. The van der Waals surface area contributed by atoms with Gasteiger partial charge < -0.3 is 10.6 Å². The fourth-order valence-corrected chi connectivity index (χ4v) is 4.35. The molecule has 0 aromatic heterocycles. The van der Waals surface area contributed by atoms with Crippen LogP contribution in [0.2, 0.25) is 0 Å². The van der Waals surface area contributed by atoms with Crippen molar-refractivity contribution in [3.8, 4) is 0 Å². The number of likely N-dealkylation sites (tertiary alicyclic amines) is 1. The van der Waals surface area contributed by atoms with Crippen LogP contribution in [0.3, 0.4) is 0 Å². The second kappa shape index (κ2) is 12.6. The van der Waals surface area contributed by atoms with Gasteiger partial charge in [-0.25, -0.2) is 12.7 Å². The number of hydrogen-bond acceptors (Lipinski definition) is 4. The summed E-state index contributed by atoms with van der Waals surface area (Å²) in [5, 5.41) is 6.77. The molecule has 0 aromatic carbocycles. The summed E-state index contributed by atoms with van der Waals surface area (Å²) in [6.45, 7) is 10.7. The average Bonchev–Trinajstić information content (AvgIpc) is 2.92. The van der Waals surface area contributed by atoms with Crippen LogP contribution in [0.15, 0.2) is 4.99 Å². The third-order valence-corrected chi connectivity index (χ3v) is 7.23. The molecule has 0 spiro atoms. The lowest BCUT2D eigenvalue weighted by molar-refractivity contribution is 0.161. The lowest BCUT2D eigenvalue weighted by Gasteiger charge is -2.34. The van der Waals surface area contributed by atoms with Gasteiger partial charge >= 0.3 is 0 Å². The van der Waals surface area contributed by atoms with Crippen molar-refractivity contribution in [1.29, 1.82) is 0 Å². The third kappa shape index (κ3) is 8.79. The molecule has 1 unspecified atom stereocenters. The Morgan fingerprint density at radius 3 is 2.30 bits per heavy atom. The van der Waals surface area contributed by atoms with Gasteiger partial charge in [-0.2, -0.15) is 0 Å². The molecular formula is C19H41N5O2S. The highest BCUT2D eigenvalue weighted by molar-refractivity contribution is 7.89. The summed E-state index contributed by atoms with van der Waals surface area (Å²) in [5.74, 6) is 1.52. The Hall–Kier alpha value is -0.860. The smallest absolute Gasteiger partial charge is 0.213 e. The van der Waals surface area contributed by atoms with Crippen LogP contribution in [-0.2, 0) is 10.0 Å². The summed E-state index contributed by atoms with van der Waals surface area (Å²) < 4.78 is 25.0. The lowest BCUT2D eigenvalue weighted by atomic mass is 10.0. The molecule has 7 nitrogen and oxygen atoms in total. The lowest BCUT2D eigenvalue weighted by Crippen LogP contribution is -2.50. The molecule has 1 rings (SSSR count). The van der Waals surface area contributed by atoms with Crippen molar-refractivity contribution in [2.75, 3.05) is 52.6 Å². The van der Waals surface area contributed by atoms with Crippen molar-refractivity contribution in [3.63, 3.8) is 0 Å². The minimum atomic E-state index is -3.10. The zero-order valence-electron chi connectivity index (χ0n) is 18.0. The molecule has 0 amide bonds. The molecule has 1 heterocycles. The predicted octanol–water partition coefficient (Wildman–Crippen LogP) is 1.72. The van der Waals surface area contributed by atoms with Crippen LogP contribution < -0.4 is 10.6 Å². The summed E-state index contributed by atoms with van der Waals surface area (Å²) in [4.78, 5) is 6.94. The highest BCUT2D eigenvalue weighted by Gasteiger charge is 2.23. The van der Waals surface area contributed by atoms with E-state index in [1.54, 1.807) is 21.0 Å². The number of nitrogens with zero attached hydrogens (tertiary/aromatic N) is 3. The number of hydrogen-bond donors (Lipinski definition) is 2. The van der Waals surface area contributed by atoms with E-state index < -0.39 is 10.0 Å². The van der Waals surface area contributed by atoms with Gasteiger partial charge in [-0.1, -0.05) is 26.7 Å². The Bertz CT molecular complexity index is 528. The van der Waals surface area contributed by atoms with Crippen LogP contribution in [0.5, 0.6) is 0 Å². The number of nitrogens with one attached hydrogen (secondary N) is 2. The molecule has 27 heavy (non-hydrogen) atoms. The quantitative estimate of drug-likeness (QED) is 0.330. The van der Waals surface area contributed by atoms with Gasteiger partial charge in [0.2, 0.25) is 10.0 Å². The molecule has 1 saturated heterocycles. The largest absolute Gasteiger partial charge is 0.356 e. The summed E-state index contributed by atoms with van der Waals surface area (Å²) in [6, 6.07) is 0.502. The predicted molar refractivity (Wildman–Crippen MR) is 115 cm³/mol. The first kappa shape index (κ1) is 24.2. The van der Waals surface area contributed by atoms with E-state index in [-0.39, 0.29) is 5.75 Å². The second-order valence-electron chi connectivity index (χ2n) is 7.72. The van der Waals surface area contributed by atoms with Gasteiger partial charge in [0.1, 0.15) is 0 Å². The highest BCUT2D eigenvalue weighted by atomic mass is 32.2. The molecule has 1 fully saturated rings. The fourth-order valence-electron chi connectivity index (χ4n) is 3.50. The third-order valence-electron chi connectivity index (χ3n) is 5.36. The van der Waals surface area contributed by atoms with Gasteiger partial charge in [-0.3, -0.25) is 9.89 Å². The van der Waals surface area contributed by atoms with Gasteiger partial charge in [0, 0.05) is 39.8 Å².